The highest BCUT2D eigenvalue weighted by molar-refractivity contribution is 6.09. The van der Waals surface area contributed by atoms with E-state index in [9.17, 15) is 4.79 Å². The summed E-state index contributed by atoms with van der Waals surface area (Å²) in [6.45, 7) is 11.3. The molecule has 0 unspecified atom stereocenters. The summed E-state index contributed by atoms with van der Waals surface area (Å²) in [5.74, 6) is 0.775. The number of aromatic nitrogens is 4. The molecular formula is C27H37N11O. The fraction of sp³-hybridized carbons (Fsp3) is 0.407. The van der Waals surface area contributed by atoms with Crippen LogP contribution in [0.1, 0.15) is 43.1 Å². The first-order valence-corrected chi connectivity index (χ1v) is 12.9. The molecule has 1 aromatic carbocycles. The van der Waals surface area contributed by atoms with E-state index in [1.54, 1.807) is 12.1 Å². The van der Waals surface area contributed by atoms with Crippen LogP contribution in [0.2, 0.25) is 0 Å². The van der Waals surface area contributed by atoms with Crippen LogP contribution in [0.5, 0.6) is 0 Å². The quantitative estimate of drug-likeness (QED) is 0.243. The highest BCUT2D eigenvalue weighted by Crippen LogP contribution is 2.28. The first-order valence-electron chi connectivity index (χ1n) is 12.9. The first-order chi connectivity index (χ1) is 18.4. The van der Waals surface area contributed by atoms with Gasteiger partial charge in [-0.25, -0.2) is 15.0 Å². The van der Waals surface area contributed by atoms with Gasteiger partial charge in [-0.15, -0.1) is 0 Å². The SMILES string of the molecule is Cc1ccc(C(=O)NC(=N)C=C(N)C(C)(C)C)cc1Nc1ncnc2c(N)nc(N3CCCN(C)CC3)nc12. The standard InChI is InChI=1S/C27H37N11O/c1-16-7-8-17(25(39)34-20(29)14-19(28)27(2,3)4)13-18(16)33-24-22-21(31-15-32-24)23(30)36-26(35-22)38-10-6-9-37(5)11-12-38/h7-8,13-15H,6,9-12,28H2,1-5H3,(H2,29,34,39)(H2,30,35,36)(H,31,32,33). The molecule has 7 N–H and O–H groups in total. The van der Waals surface area contributed by atoms with Gasteiger partial charge in [0.25, 0.3) is 5.91 Å². The molecule has 0 atom stereocenters. The number of hydrogen-bond acceptors (Lipinski definition) is 11. The molecule has 0 aliphatic carbocycles. The molecule has 12 nitrogen and oxygen atoms in total. The third-order valence-corrected chi connectivity index (χ3v) is 6.67. The molecule has 1 saturated heterocycles. The van der Waals surface area contributed by atoms with Crippen LogP contribution in [0.4, 0.5) is 23.3 Å². The lowest BCUT2D eigenvalue weighted by molar-refractivity contribution is 0.0977. The maximum atomic E-state index is 12.9. The average Bonchev–Trinajstić information content (AvgIpc) is 3.09. The number of amides is 1. The van der Waals surface area contributed by atoms with Crippen molar-refractivity contribution >= 4 is 46.0 Å². The van der Waals surface area contributed by atoms with Crippen LogP contribution < -0.4 is 27.0 Å². The van der Waals surface area contributed by atoms with E-state index in [0.29, 0.717) is 39.7 Å². The number of nitrogens with one attached hydrogen (secondary N) is 3. The van der Waals surface area contributed by atoms with Gasteiger partial charge < -0.3 is 31.9 Å². The summed E-state index contributed by atoms with van der Waals surface area (Å²) in [5.41, 5.74) is 15.4. The Kier molecular flexibility index (Phi) is 7.95. The van der Waals surface area contributed by atoms with E-state index < -0.39 is 5.91 Å². The van der Waals surface area contributed by atoms with Gasteiger partial charge in [0.1, 0.15) is 23.2 Å². The molecule has 1 aliphatic heterocycles. The highest BCUT2D eigenvalue weighted by atomic mass is 16.1. The summed E-state index contributed by atoms with van der Waals surface area (Å²) in [6.07, 6.45) is 3.87. The predicted molar refractivity (Wildman–Crippen MR) is 155 cm³/mol. The van der Waals surface area contributed by atoms with Crippen molar-refractivity contribution in [2.45, 2.75) is 34.1 Å². The summed E-state index contributed by atoms with van der Waals surface area (Å²) in [5, 5.41) is 14.0. The van der Waals surface area contributed by atoms with Crippen LogP contribution in [-0.4, -0.2) is 69.8 Å². The zero-order chi connectivity index (χ0) is 28.3. The number of benzene rings is 1. The van der Waals surface area contributed by atoms with Gasteiger partial charge in [0.05, 0.1) is 0 Å². The summed E-state index contributed by atoms with van der Waals surface area (Å²) in [7, 11) is 2.10. The van der Waals surface area contributed by atoms with Gasteiger partial charge in [-0.3, -0.25) is 10.2 Å². The number of nitrogen functional groups attached to an aromatic ring is 1. The molecule has 2 aromatic heterocycles. The van der Waals surface area contributed by atoms with Crippen LogP contribution >= 0.6 is 0 Å². The van der Waals surface area contributed by atoms with E-state index in [-0.39, 0.29) is 17.1 Å². The number of hydrogen-bond donors (Lipinski definition) is 5. The lowest BCUT2D eigenvalue weighted by Gasteiger charge is -2.21. The Labute approximate surface area is 228 Å². The molecule has 12 heteroatoms. The van der Waals surface area contributed by atoms with Crippen LogP contribution in [0.3, 0.4) is 0 Å². The van der Waals surface area contributed by atoms with Crippen molar-refractivity contribution in [3.8, 4) is 0 Å². The van der Waals surface area contributed by atoms with Crippen molar-refractivity contribution < 1.29 is 4.79 Å². The monoisotopic (exact) mass is 531 g/mol. The first kappa shape index (κ1) is 27.7. The molecule has 3 heterocycles. The van der Waals surface area contributed by atoms with E-state index in [4.69, 9.17) is 21.9 Å². The molecule has 4 rings (SSSR count). The Morgan fingerprint density at radius 2 is 1.87 bits per heavy atom. The smallest absolute Gasteiger partial charge is 0.256 e. The molecule has 206 valence electrons. The van der Waals surface area contributed by atoms with Crippen molar-refractivity contribution in [3.63, 3.8) is 0 Å². The third kappa shape index (κ3) is 6.58. The maximum Gasteiger partial charge on any atom is 0.256 e. The molecule has 1 aliphatic rings. The third-order valence-electron chi connectivity index (χ3n) is 6.67. The second-order valence-electron chi connectivity index (χ2n) is 10.8. The van der Waals surface area contributed by atoms with Crippen LogP contribution in [0.15, 0.2) is 36.3 Å². The van der Waals surface area contributed by atoms with Crippen LogP contribution in [-0.2, 0) is 0 Å². The second-order valence-corrected chi connectivity index (χ2v) is 10.8. The van der Waals surface area contributed by atoms with Crippen molar-refractivity contribution in [1.29, 1.82) is 5.41 Å². The van der Waals surface area contributed by atoms with Crippen LogP contribution in [0.25, 0.3) is 11.0 Å². The normalized spacial score (nSPS) is 15.2. The Hall–Kier alpha value is -4.32. The van der Waals surface area contributed by atoms with Crippen molar-refractivity contribution in [2.24, 2.45) is 11.1 Å². The number of anilines is 4. The lowest BCUT2D eigenvalue weighted by atomic mass is 9.92. The van der Waals surface area contributed by atoms with Gasteiger partial charge in [-0.05, 0) is 50.7 Å². The molecule has 0 radical (unpaired) electrons. The van der Waals surface area contributed by atoms with Crippen molar-refractivity contribution in [2.75, 3.05) is 49.2 Å². The average molecular weight is 532 g/mol. The Bertz CT molecular complexity index is 1430. The fourth-order valence-electron chi connectivity index (χ4n) is 4.07. The van der Waals surface area contributed by atoms with Crippen molar-refractivity contribution in [1.82, 2.24) is 30.2 Å². The number of allylic oxidation sites excluding steroid dienone is 1. The van der Waals surface area contributed by atoms with Gasteiger partial charge in [0, 0.05) is 42.0 Å². The van der Waals surface area contributed by atoms with E-state index in [1.807, 2.05) is 33.8 Å². The number of nitrogens with two attached hydrogens (primary N) is 2. The molecular weight excluding hydrogens is 494 g/mol. The van der Waals surface area contributed by atoms with Gasteiger partial charge in [-0.1, -0.05) is 26.8 Å². The summed E-state index contributed by atoms with van der Waals surface area (Å²) in [6, 6.07) is 5.23. The number of rotatable bonds is 5. The molecule has 0 spiro atoms. The largest absolute Gasteiger partial charge is 0.401 e. The Balaban J connectivity index is 1.61. The van der Waals surface area contributed by atoms with Crippen molar-refractivity contribution in [3.05, 3.63) is 47.4 Å². The molecule has 0 bridgehead atoms. The molecule has 3 aromatic rings. The number of nitrogens with zero attached hydrogens (tertiary/aromatic N) is 6. The number of carbonyl (C=O) groups excluding carboxylic acids is 1. The second kappa shape index (κ2) is 11.2. The predicted octanol–water partition coefficient (Wildman–Crippen LogP) is 2.79. The maximum absolute atomic E-state index is 12.9. The number of likely N-dealkylation sites (N-methyl/N-ethyl adjacent to an activating group) is 1. The van der Waals surface area contributed by atoms with E-state index in [2.05, 4.69) is 42.4 Å². The minimum Gasteiger partial charge on any atom is -0.401 e. The van der Waals surface area contributed by atoms with Crippen LogP contribution in [0, 0.1) is 17.7 Å². The minimum atomic E-state index is -0.423. The van der Waals surface area contributed by atoms with E-state index in [1.165, 1.54) is 12.4 Å². The Morgan fingerprint density at radius 3 is 2.62 bits per heavy atom. The number of carbonyl (C=O) groups is 1. The zero-order valence-electron chi connectivity index (χ0n) is 23.2. The summed E-state index contributed by atoms with van der Waals surface area (Å²) in [4.78, 5) is 35.4. The Morgan fingerprint density at radius 1 is 1.10 bits per heavy atom. The van der Waals surface area contributed by atoms with Gasteiger partial charge >= 0.3 is 0 Å². The number of fused-ring (bicyclic) bond motifs is 1. The van der Waals surface area contributed by atoms with E-state index in [0.717, 1.165) is 38.2 Å². The summed E-state index contributed by atoms with van der Waals surface area (Å²) >= 11 is 0. The van der Waals surface area contributed by atoms with E-state index >= 15 is 0 Å². The minimum absolute atomic E-state index is 0.0799. The van der Waals surface area contributed by atoms with Gasteiger partial charge in [-0.2, -0.15) is 4.98 Å². The molecule has 1 fully saturated rings. The lowest BCUT2D eigenvalue weighted by Crippen LogP contribution is -2.30. The topological polar surface area (TPSA) is 175 Å². The fourth-order valence-corrected chi connectivity index (χ4v) is 4.07. The highest BCUT2D eigenvalue weighted by Gasteiger charge is 2.20. The van der Waals surface area contributed by atoms with Gasteiger partial charge in [0.15, 0.2) is 11.6 Å². The molecule has 0 saturated carbocycles. The summed E-state index contributed by atoms with van der Waals surface area (Å²) < 4.78 is 0. The zero-order valence-corrected chi connectivity index (χ0v) is 23.2. The number of amidine groups is 1. The molecule has 39 heavy (non-hydrogen) atoms. The number of aryl methyl sites for hydroxylation is 1. The van der Waals surface area contributed by atoms with Gasteiger partial charge in [0.2, 0.25) is 5.95 Å². The molecule has 1 amide bonds.